The monoisotopic (exact) mass is 399 g/mol. The minimum absolute atomic E-state index is 0.0162. The van der Waals surface area contributed by atoms with E-state index in [-0.39, 0.29) is 22.9 Å². The Morgan fingerprint density at radius 3 is 2.29 bits per heavy atom. The van der Waals surface area contributed by atoms with Crippen molar-refractivity contribution >= 4 is 26.7 Å². The third-order valence-corrected chi connectivity index (χ3v) is 6.38. The maximum atomic E-state index is 13.5. The van der Waals surface area contributed by atoms with Gasteiger partial charge in [0.15, 0.2) is 0 Å². The predicted molar refractivity (Wildman–Crippen MR) is 106 cm³/mol. The molecule has 2 aromatic carbocycles. The van der Waals surface area contributed by atoms with E-state index in [1.54, 1.807) is 50.2 Å². The zero-order chi connectivity index (χ0) is 20.5. The van der Waals surface area contributed by atoms with Crippen LogP contribution in [0.2, 0.25) is 0 Å². The van der Waals surface area contributed by atoms with Gasteiger partial charge in [0, 0.05) is 11.9 Å². The summed E-state index contributed by atoms with van der Waals surface area (Å²) in [4.78, 5) is 25.4. The Bertz CT molecular complexity index is 1210. The van der Waals surface area contributed by atoms with E-state index in [2.05, 4.69) is 0 Å². The van der Waals surface area contributed by atoms with Crippen molar-refractivity contribution in [3.8, 4) is 0 Å². The van der Waals surface area contributed by atoms with Crippen molar-refractivity contribution in [1.29, 1.82) is 0 Å². The van der Waals surface area contributed by atoms with Gasteiger partial charge in [-0.2, -0.15) is 0 Å². The van der Waals surface area contributed by atoms with Gasteiger partial charge in [-0.3, -0.25) is 4.79 Å². The van der Waals surface area contributed by atoms with Crippen LogP contribution < -0.4 is 5.56 Å². The first-order valence-electron chi connectivity index (χ1n) is 8.97. The van der Waals surface area contributed by atoms with E-state index in [1.165, 1.54) is 16.7 Å². The van der Waals surface area contributed by atoms with Crippen molar-refractivity contribution < 1.29 is 17.9 Å². The quantitative estimate of drug-likeness (QED) is 0.615. The number of esters is 1. The molecule has 146 valence electrons. The van der Waals surface area contributed by atoms with Crippen molar-refractivity contribution in [2.45, 2.75) is 37.1 Å². The number of rotatable bonds is 5. The molecule has 28 heavy (non-hydrogen) atoms. The normalized spacial score (nSPS) is 11.5. The molecule has 0 fully saturated rings. The van der Waals surface area contributed by atoms with Crippen molar-refractivity contribution in [1.82, 2.24) is 4.57 Å². The Hall–Kier alpha value is -2.93. The summed E-state index contributed by atoms with van der Waals surface area (Å²) < 4.78 is 33.4. The molecular weight excluding hydrogens is 378 g/mol. The van der Waals surface area contributed by atoms with Crippen LogP contribution in [0.1, 0.15) is 29.8 Å². The lowest BCUT2D eigenvalue weighted by molar-refractivity contribution is 0.0519. The second kappa shape index (κ2) is 7.59. The maximum Gasteiger partial charge on any atom is 0.345 e. The highest BCUT2D eigenvalue weighted by Crippen LogP contribution is 2.30. The molecule has 0 radical (unpaired) electrons. The van der Waals surface area contributed by atoms with Crippen LogP contribution in [0.5, 0.6) is 0 Å². The molecule has 1 aromatic heterocycles. The fraction of sp³-hybridized carbons (Fsp3) is 0.238. The molecule has 0 saturated carbocycles. The summed E-state index contributed by atoms with van der Waals surface area (Å²) in [5.74, 6) is -0.939. The molecule has 0 aliphatic carbocycles. The minimum Gasteiger partial charge on any atom is -0.462 e. The summed E-state index contributed by atoms with van der Waals surface area (Å²) >= 11 is 0. The molecule has 0 spiro atoms. The average molecular weight is 399 g/mol. The Balaban J connectivity index is 2.50. The van der Waals surface area contributed by atoms with Crippen LogP contribution in [-0.4, -0.2) is 25.6 Å². The number of sulfone groups is 1. The standard InChI is InChI=1S/C21H21NO5S/c1-4-22-17-9-7-6-8-16(17)19(18(20(22)23)21(24)27-5-2)28(25,26)15-12-10-14(3)11-13-15/h6-13H,4-5H2,1-3H3. The van der Waals surface area contributed by atoms with Gasteiger partial charge in [0.05, 0.1) is 17.0 Å². The average Bonchev–Trinajstić information content (AvgIpc) is 2.67. The lowest BCUT2D eigenvalue weighted by atomic mass is 10.1. The topological polar surface area (TPSA) is 82.4 Å². The second-order valence-corrected chi connectivity index (χ2v) is 8.19. The third kappa shape index (κ3) is 3.22. The summed E-state index contributed by atoms with van der Waals surface area (Å²) in [6.45, 7) is 5.53. The molecule has 6 nitrogen and oxygen atoms in total. The van der Waals surface area contributed by atoms with Crippen LogP contribution in [0.4, 0.5) is 0 Å². The molecule has 0 aliphatic rings. The molecule has 0 amide bonds. The largest absolute Gasteiger partial charge is 0.462 e. The molecule has 0 bridgehead atoms. The first-order valence-corrected chi connectivity index (χ1v) is 10.5. The molecule has 3 rings (SSSR count). The van der Waals surface area contributed by atoms with E-state index in [0.29, 0.717) is 10.9 Å². The molecule has 7 heteroatoms. The number of carbonyl (C=O) groups is 1. The van der Waals surface area contributed by atoms with Gasteiger partial charge in [-0.05, 0) is 39.0 Å². The minimum atomic E-state index is -4.14. The van der Waals surface area contributed by atoms with Crippen molar-refractivity contribution in [2.75, 3.05) is 6.61 Å². The van der Waals surface area contributed by atoms with E-state index in [1.807, 2.05) is 6.92 Å². The number of pyridine rings is 1. The number of fused-ring (bicyclic) bond motifs is 1. The molecule has 0 N–H and O–H groups in total. The molecule has 0 unspecified atom stereocenters. The van der Waals surface area contributed by atoms with Gasteiger partial charge in [0.25, 0.3) is 5.56 Å². The Morgan fingerprint density at radius 2 is 1.68 bits per heavy atom. The van der Waals surface area contributed by atoms with Gasteiger partial charge in [0.2, 0.25) is 9.84 Å². The Labute approximate surface area is 163 Å². The van der Waals surface area contributed by atoms with Gasteiger partial charge in [-0.15, -0.1) is 0 Å². The predicted octanol–water partition coefficient (Wildman–Crippen LogP) is 3.34. The first kappa shape index (κ1) is 19.8. The van der Waals surface area contributed by atoms with Crippen LogP contribution in [0.25, 0.3) is 10.9 Å². The van der Waals surface area contributed by atoms with Crippen LogP contribution in [0, 0.1) is 6.92 Å². The second-order valence-electron chi connectivity index (χ2n) is 6.31. The van der Waals surface area contributed by atoms with Crippen molar-refractivity contribution in [3.63, 3.8) is 0 Å². The maximum absolute atomic E-state index is 13.5. The van der Waals surface area contributed by atoms with Crippen molar-refractivity contribution in [3.05, 3.63) is 70.0 Å². The third-order valence-electron chi connectivity index (χ3n) is 4.52. The highest BCUT2D eigenvalue weighted by Gasteiger charge is 2.32. The van der Waals surface area contributed by atoms with E-state index < -0.39 is 26.9 Å². The number of hydrogen-bond donors (Lipinski definition) is 0. The highest BCUT2D eigenvalue weighted by molar-refractivity contribution is 7.91. The van der Waals surface area contributed by atoms with Crippen LogP contribution >= 0.6 is 0 Å². The SMILES string of the molecule is CCOC(=O)c1c(S(=O)(=O)c2ccc(C)cc2)c2ccccc2n(CC)c1=O. The van der Waals surface area contributed by atoms with E-state index in [0.717, 1.165) is 5.56 Å². The Kier molecular flexibility index (Phi) is 5.38. The Morgan fingerprint density at radius 1 is 1.04 bits per heavy atom. The van der Waals surface area contributed by atoms with Gasteiger partial charge >= 0.3 is 5.97 Å². The zero-order valence-electron chi connectivity index (χ0n) is 15.9. The number of aryl methyl sites for hydroxylation is 2. The lowest BCUT2D eigenvalue weighted by Gasteiger charge is -2.16. The summed E-state index contributed by atoms with van der Waals surface area (Å²) in [6, 6.07) is 13.0. The summed E-state index contributed by atoms with van der Waals surface area (Å²) in [6.07, 6.45) is 0. The fourth-order valence-corrected chi connectivity index (χ4v) is 4.82. The van der Waals surface area contributed by atoms with Crippen molar-refractivity contribution in [2.24, 2.45) is 0 Å². The molecule has 1 heterocycles. The molecular formula is C21H21NO5S. The smallest absolute Gasteiger partial charge is 0.345 e. The first-order chi connectivity index (χ1) is 13.3. The number of nitrogens with zero attached hydrogens (tertiary/aromatic N) is 1. The summed E-state index contributed by atoms with van der Waals surface area (Å²) in [5.41, 5.74) is 0.220. The number of aromatic nitrogens is 1. The number of hydrogen-bond acceptors (Lipinski definition) is 5. The summed E-state index contributed by atoms with van der Waals surface area (Å²) in [5, 5.41) is 0.313. The molecule has 3 aromatic rings. The number of benzene rings is 2. The van der Waals surface area contributed by atoms with Crippen LogP contribution in [0.15, 0.2) is 63.1 Å². The molecule has 0 atom stereocenters. The van der Waals surface area contributed by atoms with E-state index >= 15 is 0 Å². The zero-order valence-corrected chi connectivity index (χ0v) is 16.7. The van der Waals surface area contributed by atoms with Crippen LogP contribution in [0.3, 0.4) is 0 Å². The van der Waals surface area contributed by atoms with E-state index in [9.17, 15) is 18.0 Å². The highest BCUT2D eigenvalue weighted by atomic mass is 32.2. The van der Waals surface area contributed by atoms with E-state index in [4.69, 9.17) is 4.74 Å². The number of carbonyl (C=O) groups excluding carboxylic acids is 1. The molecule has 0 aliphatic heterocycles. The van der Waals surface area contributed by atoms with Gasteiger partial charge in [0.1, 0.15) is 10.5 Å². The van der Waals surface area contributed by atoms with Gasteiger partial charge in [-0.25, -0.2) is 13.2 Å². The molecule has 0 saturated heterocycles. The number of ether oxygens (including phenoxy) is 1. The summed E-state index contributed by atoms with van der Waals surface area (Å²) in [7, 11) is -4.14. The lowest BCUT2D eigenvalue weighted by Crippen LogP contribution is -2.30. The number of para-hydroxylation sites is 1. The van der Waals surface area contributed by atoms with Gasteiger partial charge in [-0.1, -0.05) is 35.9 Å². The van der Waals surface area contributed by atoms with Crippen LogP contribution in [-0.2, 0) is 21.1 Å². The fourth-order valence-electron chi connectivity index (χ4n) is 3.19. The van der Waals surface area contributed by atoms with Gasteiger partial charge < -0.3 is 9.30 Å².